The van der Waals surface area contributed by atoms with Crippen LogP contribution in [0.25, 0.3) is 22.4 Å². The summed E-state index contributed by atoms with van der Waals surface area (Å²) in [5, 5.41) is 6.56. The molecule has 2 heterocycles. The Balaban J connectivity index is 1.29. The highest BCUT2D eigenvalue weighted by atomic mass is 16.4. The maximum atomic E-state index is 5.83. The zero-order valence-corrected chi connectivity index (χ0v) is 17.9. The lowest BCUT2D eigenvalue weighted by molar-refractivity contribution is 0.623. The van der Waals surface area contributed by atoms with Crippen LogP contribution in [0.1, 0.15) is 25.3 Å². The van der Waals surface area contributed by atoms with Gasteiger partial charge < -0.3 is 15.1 Å². The maximum absolute atomic E-state index is 5.83. The van der Waals surface area contributed by atoms with Crippen LogP contribution in [0.3, 0.4) is 0 Å². The second kappa shape index (κ2) is 8.51. The molecule has 0 radical (unpaired) electrons. The molecule has 2 aromatic heterocycles. The molecule has 0 saturated heterocycles. The van der Waals surface area contributed by atoms with E-state index in [1.54, 1.807) is 6.33 Å². The van der Waals surface area contributed by atoms with Crippen molar-refractivity contribution in [3.63, 3.8) is 0 Å². The highest BCUT2D eigenvalue weighted by Crippen LogP contribution is 2.27. The number of fused-ring (bicyclic) bond motifs is 1. The molecule has 6 heteroatoms. The van der Waals surface area contributed by atoms with Gasteiger partial charge in [0.25, 0.3) is 6.01 Å². The van der Waals surface area contributed by atoms with E-state index in [-0.39, 0.29) is 0 Å². The van der Waals surface area contributed by atoms with Crippen molar-refractivity contribution in [2.75, 3.05) is 10.6 Å². The number of rotatable bonds is 6. The molecule has 0 bridgehead atoms. The second-order valence-electron chi connectivity index (χ2n) is 7.88. The molecule has 32 heavy (non-hydrogen) atoms. The van der Waals surface area contributed by atoms with Gasteiger partial charge in [0, 0.05) is 23.0 Å². The highest BCUT2D eigenvalue weighted by molar-refractivity contribution is 5.76. The van der Waals surface area contributed by atoms with Crippen LogP contribution in [0.4, 0.5) is 23.2 Å². The Morgan fingerprint density at radius 1 is 0.781 bits per heavy atom. The molecule has 0 atom stereocenters. The average Bonchev–Trinajstić information content (AvgIpc) is 3.22. The van der Waals surface area contributed by atoms with Crippen molar-refractivity contribution in [2.24, 2.45) is 0 Å². The van der Waals surface area contributed by atoms with Gasteiger partial charge in [-0.1, -0.05) is 50.2 Å². The van der Waals surface area contributed by atoms with Crippen LogP contribution in [0, 0.1) is 0 Å². The molecular weight excluding hydrogens is 398 g/mol. The van der Waals surface area contributed by atoms with Crippen LogP contribution in [0.5, 0.6) is 0 Å². The molecule has 0 fully saturated rings. The van der Waals surface area contributed by atoms with Gasteiger partial charge in [0.1, 0.15) is 17.7 Å². The molecule has 6 nitrogen and oxygen atoms in total. The third-order valence-electron chi connectivity index (χ3n) is 5.22. The van der Waals surface area contributed by atoms with Crippen molar-refractivity contribution < 1.29 is 4.42 Å². The standard InChI is InChI=1S/C26H23N5O/c1-17(2)19-8-13-24-23(14-19)31-26(32-24)30-21-11-9-20(10-12-21)29-25-15-22(27-16-28-25)18-6-4-3-5-7-18/h3-17H,1-2H3,(H,30,31)(H,27,28,29). The molecule has 0 amide bonds. The average molecular weight is 422 g/mol. The zero-order valence-electron chi connectivity index (χ0n) is 17.9. The number of anilines is 4. The van der Waals surface area contributed by atoms with Crippen molar-refractivity contribution in [1.82, 2.24) is 15.0 Å². The molecule has 5 aromatic rings. The minimum Gasteiger partial charge on any atom is -0.423 e. The second-order valence-corrected chi connectivity index (χ2v) is 7.88. The molecule has 0 aliphatic rings. The molecule has 0 aliphatic carbocycles. The van der Waals surface area contributed by atoms with E-state index < -0.39 is 0 Å². The van der Waals surface area contributed by atoms with Crippen molar-refractivity contribution >= 4 is 34.3 Å². The van der Waals surface area contributed by atoms with E-state index in [4.69, 9.17) is 4.42 Å². The summed E-state index contributed by atoms with van der Waals surface area (Å²) >= 11 is 0. The summed E-state index contributed by atoms with van der Waals surface area (Å²) in [6.45, 7) is 4.33. The number of hydrogen-bond donors (Lipinski definition) is 2. The Bertz CT molecular complexity index is 1340. The Morgan fingerprint density at radius 2 is 1.53 bits per heavy atom. The van der Waals surface area contributed by atoms with Gasteiger partial charge in [-0.15, -0.1) is 0 Å². The van der Waals surface area contributed by atoms with E-state index in [0.29, 0.717) is 11.9 Å². The Hall–Kier alpha value is -4.19. The lowest BCUT2D eigenvalue weighted by Crippen LogP contribution is -1.96. The quantitative estimate of drug-likeness (QED) is 0.311. The number of nitrogens with one attached hydrogen (secondary N) is 2. The first-order chi connectivity index (χ1) is 15.6. The predicted octanol–water partition coefficient (Wildman–Crippen LogP) is 6.90. The van der Waals surface area contributed by atoms with Gasteiger partial charge in [-0.3, -0.25) is 0 Å². The summed E-state index contributed by atoms with van der Waals surface area (Å²) in [6, 6.07) is 26.5. The lowest BCUT2D eigenvalue weighted by Gasteiger charge is -2.08. The number of oxazole rings is 1. The first-order valence-corrected chi connectivity index (χ1v) is 10.6. The van der Waals surface area contributed by atoms with Crippen LogP contribution in [-0.2, 0) is 0 Å². The summed E-state index contributed by atoms with van der Waals surface area (Å²) in [6.07, 6.45) is 1.57. The van der Waals surface area contributed by atoms with E-state index in [1.807, 2.05) is 66.7 Å². The van der Waals surface area contributed by atoms with E-state index in [9.17, 15) is 0 Å². The molecule has 0 aliphatic heterocycles. The van der Waals surface area contributed by atoms with Crippen molar-refractivity contribution in [1.29, 1.82) is 0 Å². The molecule has 2 N–H and O–H groups in total. The molecule has 5 rings (SSSR count). The van der Waals surface area contributed by atoms with Crippen molar-refractivity contribution in [3.05, 3.63) is 90.8 Å². The van der Waals surface area contributed by atoms with Crippen LogP contribution in [-0.4, -0.2) is 15.0 Å². The van der Waals surface area contributed by atoms with Gasteiger partial charge >= 0.3 is 0 Å². The van der Waals surface area contributed by atoms with Crippen LogP contribution >= 0.6 is 0 Å². The summed E-state index contributed by atoms with van der Waals surface area (Å²) in [5.41, 5.74) is 6.61. The fourth-order valence-electron chi connectivity index (χ4n) is 3.46. The van der Waals surface area contributed by atoms with Crippen LogP contribution < -0.4 is 10.6 Å². The summed E-state index contributed by atoms with van der Waals surface area (Å²) < 4.78 is 5.83. The van der Waals surface area contributed by atoms with Gasteiger partial charge in [-0.05, 0) is 47.9 Å². The van der Waals surface area contributed by atoms with E-state index in [1.165, 1.54) is 5.56 Å². The number of benzene rings is 3. The lowest BCUT2D eigenvalue weighted by atomic mass is 10.0. The molecule has 3 aromatic carbocycles. The molecule has 0 saturated carbocycles. The largest absolute Gasteiger partial charge is 0.423 e. The molecular formula is C26H23N5O. The summed E-state index contributed by atoms with van der Waals surface area (Å²) in [5.74, 6) is 1.19. The van der Waals surface area contributed by atoms with Gasteiger partial charge in [0.05, 0.1) is 5.69 Å². The monoisotopic (exact) mass is 421 g/mol. The van der Waals surface area contributed by atoms with Crippen LogP contribution in [0.15, 0.2) is 89.6 Å². The first kappa shape index (κ1) is 19.8. The summed E-state index contributed by atoms with van der Waals surface area (Å²) in [4.78, 5) is 13.3. The predicted molar refractivity (Wildman–Crippen MR) is 129 cm³/mol. The Morgan fingerprint density at radius 3 is 2.28 bits per heavy atom. The molecule has 158 valence electrons. The van der Waals surface area contributed by atoms with E-state index in [0.717, 1.165) is 39.5 Å². The maximum Gasteiger partial charge on any atom is 0.300 e. The normalized spacial score (nSPS) is 11.1. The smallest absolute Gasteiger partial charge is 0.300 e. The number of nitrogens with zero attached hydrogens (tertiary/aromatic N) is 3. The Labute approximate surface area is 186 Å². The highest BCUT2D eigenvalue weighted by Gasteiger charge is 2.09. The van der Waals surface area contributed by atoms with Gasteiger partial charge in [-0.25, -0.2) is 9.97 Å². The first-order valence-electron chi connectivity index (χ1n) is 10.6. The minimum absolute atomic E-state index is 0.450. The summed E-state index contributed by atoms with van der Waals surface area (Å²) in [7, 11) is 0. The van der Waals surface area contributed by atoms with E-state index in [2.05, 4.69) is 51.6 Å². The third kappa shape index (κ3) is 4.30. The number of aromatic nitrogens is 3. The van der Waals surface area contributed by atoms with Crippen molar-refractivity contribution in [3.8, 4) is 11.3 Å². The topological polar surface area (TPSA) is 75.9 Å². The SMILES string of the molecule is CC(C)c1ccc2oc(Nc3ccc(Nc4cc(-c5ccccc5)ncn4)cc3)nc2c1. The van der Waals surface area contributed by atoms with Gasteiger partial charge in [-0.2, -0.15) is 4.98 Å². The zero-order chi connectivity index (χ0) is 21.9. The molecule has 0 spiro atoms. The minimum atomic E-state index is 0.450. The fourth-order valence-corrected chi connectivity index (χ4v) is 3.46. The van der Waals surface area contributed by atoms with Crippen molar-refractivity contribution in [2.45, 2.75) is 19.8 Å². The third-order valence-corrected chi connectivity index (χ3v) is 5.22. The van der Waals surface area contributed by atoms with E-state index >= 15 is 0 Å². The van der Waals surface area contributed by atoms with Gasteiger partial charge in [0.2, 0.25) is 0 Å². The molecule has 0 unspecified atom stereocenters. The van der Waals surface area contributed by atoms with Crippen LogP contribution in [0.2, 0.25) is 0 Å². The number of hydrogen-bond acceptors (Lipinski definition) is 6. The Kier molecular flexibility index (Phi) is 5.25. The fraction of sp³-hybridized carbons (Fsp3) is 0.115. The van der Waals surface area contributed by atoms with Gasteiger partial charge in [0.15, 0.2) is 5.58 Å².